The number of benzene rings is 1. The van der Waals surface area contributed by atoms with E-state index in [0.29, 0.717) is 22.6 Å². The van der Waals surface area contributed by atoms with Crippen LogP contribution in [0.15, 0.2) is 59.9 Å². The van der Waals surface area contributed by atoms with Crippen LogP contribution in [0, 0.1) is 11.8 Å². The topological polar surface area (TPSA) is 9.23 Å². The highest BCUT2D eigenvalue weighted by Gasteiger charge is 2.36. The van der Waals surface area contributed by atoms with Gasteiger partial charge in [0.15, 0.2) is 24.7 Å². The summed E-state index contributed by atoms with van der Waals surface area (Å²) in [6, 6.07) is 6.51. The van der Waals surface area contributed by atoms with E-state index in [0.717, 1.165) is 25.7 Å². The number of hydrogen-bond acceptors (Lipinski definition) is 1. The van der Waals surface area contributed by atoms with Crippen LogP contribution in [-0.2, 0) is 4.74 Å². The van der Waals surface area contributed by atoms with Gasteiger partial charge in [-0.25, -0.2) is 17.6 Å². The SMILES string of the molecule is COC1=CC=C(c2ccc(C3=CC=C(C4CCC(C)CC4)C(F)C3F)cc2)C(F)C1F. The van der Waals surface area contributed by atoms with E-state index in [9.17, 15) is 13.2 Å². The highest BCUT2D eigenvalue weighted by molar-refractivity contribution is 5.77. The summed E-state index contributed by atoms with van der Waals surface area (Å²) in [7, 11) is 1.30. The van der Waals surface area contributed by atoms with Crippen LogP contribution < -0.4 is 0 Å². The molecule has 1 nitrogen and oxygen atoms in total. The summed E-state index contributed by atoms with van der Waals surface area (Å²) in [5.41, 5.74) is 2.10. The van der Waals surface area contributed by atoms with E-state index in [2.05, 4.69) is 6.92 Å². The Morgan fingerprint density at radius 3 is 1.74 bits per heavy atom. The molecule has 0 radical (unpaired) electrons. The van der Waals surface area contributed by atoms with Crippen molar-refractivity contribution in [2.45, 2.75) is 57.3 Å². The number of halogens is 4. The molecule has 0 amide bonds. The van der Waals surface area contributed by atoms with Crippen LogP contribution in [0.25, 0.3) is 11.1 Å². The van der Waals surface area contributed by atoms with Crippen LogP contribution in [0.4, 0.5) is 17.6 Å². The summed E-state index contributed by atoms with van der Waals surface area (Å²) in [6.45, 7) is 2.20. The quantitative estimate of drug-likeness (QED) is 0.461. The molecule has 0 N–H and O–H groups in total. The Labute approximate surface area is 181 Å². The first-order valence-corrected chi connectivity index (χ1v) is 10.9. The fourth-order valence-electron chi connectivity index (χ4n) is 4.86. The van der Waals surface area contributed by atoms with E-state index in [1.165, 1.54) is 19.3 Å². The van der Waals surface area contributed by atoms with Gasteiger partial charge in [-0.05, 0) is 58.6 Å². The van der Waals surface area contributed by atoms with Gasteiger partial charge in [-0.1, -0.05) is 62.3 Å². The Hall–Kier alpha value is -2.30. The van der Waals surface area contributed by atoms with Crippen molar-refractivity contribution >= 4 is 11.1 Å². The molecule has 5 heteroatoms. The molecule has 3 aliphatic rings. The lowest BCUT2D eigenvalue weighted by Crippen LogP contribution is -2.29. The highest BCUT2D eigenvalue weighted by atomic mass is 19.2. The van der Waals surface area contributed by atoms with Gasteiger partial charge in [-0.2, -0.15) is 0 Å². The van der Waals surface area contributed by atoms with Gasteiger partial charge in [-0.15, -0.1) is 0 Å². The van der Waals surface area contributed by atoms with Gasteiger partial charge in [0.1, 0.15) is 5.76 Å². The maximum atomic E-state index is 15.0. The normalized spacial score (nSPS) is 33.7. The molecule has 0 bridgehead atoms. The van der Waals surface area contributed by atoms with Crippen molar-refractivity contribution in [1.29, 1.82) is 0 Å². The number of allylic oxidation sites excluding steroid dienone is 8. The summed E-state index contributed by atoms with van der Waals surface area (Å²) in [5, 5.41) is 0. The lowest BCUT2D eigenvalue weighted by Gasteiger charge is -2.33. The number of hydrogen-bond donors (Lipinski definition) is 0. The number of ether oxygens (including phenoxy) is 1. The molecular formula is C26H28F4O. The molecule has 0 spiro atoms. The van der Waals surface area contributed by atoms with Crippen molar-refractivity contribution < 1.29 is 22.3 Å². The van der Waals surface area contributed by atoms with E-state index >= 15 is 4.39 Å². The predicted octanol–water partition coefficient (Wildman–Crippen LogP) is 7.12. The Morgan fingerprint density at radius 2 is 1.19 bits per heavy atom. The standard InChI is InChI=1S/C26H28F4O/c1-15-3-5-16(6-4-15)19-11-12-20(24(28)23(19)27)17-7-9-18(10-8-17)21-13-14-22(31-2)26(30)25(21)29/h7-16,23-26H,3-6H2,1-2H3. The first-order chi connectivity index (χ1) is 14.9. The Balaban J connectivity index is 1.55. The largest absolute Gasteiger partial charge is 0.498 e. The molecule has 0 heterocycles. The lowest BCUT2D eigenvalue weighted by molar-refractivity contribution is 0.152. The van der Waals surface area contributed by atoms with E-state index in [4.69, 9.17) is 4.74 Å². The van der Waals surface area contributed by atoms with Crippen molar-refractivity contribution in [2.24, 2.45) is 11.8 Å². The zero-order chi connectivity index (χ0) is 22.1. The van der Waals surface area contributed by atoms with E-state index in [1.807, 2.05) is 0 Å². The molecule has 0 aromatic heterocycles. The highest BCUT2D eigenvalue weighted by Crippen LogP contribution is 2.41. The van der Waals surface area contributed by atoms with E-state index in [1.54, 1.807) is 36.4 Å². The van der Waals surface area contributed by atoms with Crippen molar-refractivity contribution in [2.75, 3.05) is 7.11 Å². The van der Waals surface area contributed by atoms with Crippen molar-refractivity contribution in [1.82, 2.24) is 0 Å². The number of alkyl halides is 4. The zero-order valence-corrected chi connectivity index (χ0v) is 17.8. The summed E-state index contributed by atoms with van der Waals surface area (Å²) < 4.78 is 63.5. The fraction of sp³-hybridized carbons (Fsp3) is 0.462. The first-order valence-electron chi connectivity index (χ1n) is 10.9. The van der Waals surface area contributed by atoms with Crippen LogP contribution >= 0.6 is 0 Å². The minimum atomic E-state index is -1.86. The molecule has 4 rings (SSSR count). The number of rotatable bonds is 4. The van der Waals surface area contributed by atoms with Crippen LogP contribution in [0.2, 0.25) is 0 Å². The van der Waals surface area contributed by atoms with Gasteiger partial charge in [0.25, 0.3) is 0 Å². The molecule has 4 unspecified atom stereocenters. The molecule has 1 aromatic rings. The van der Waals surface area contributed by atoms with Gasteiger partial charge >= 0.3 is 0 Å². The third-order valence-electron chi connectivity index (χ3n) is 6.86. The predicted molar refractivity (Wildman–Crippen MR) is 116 cm³/mol. The van der Waals surface area contributed by atoms with E-state index < -0.39 is 24.7 Å². The Morgan fingerprint density at radius 1 is 0.677 bits per heavy atom. The minimum Gasteiger partial charge on any atom is -0.498 e. The second kappa shape index (κ2) is 9.05. The Kier molecular flexibility index (Phi) is 6.40. The summed E-state index contributed by atoms with van der Waals surface area (Å²) >= 11 is 0. The molecule has 31 heavy (non-hydrogen) atoms. The molecule has 166 valence electrons. The maximum Gasteiger partial charge on any atom is 0.192 e. The second-order valence-corrected chi connectivity index (χ2v) is 8.83. The molecule has 1 fully saturated rings. The van der Waals surface area contributed by atoms with Gasteiger partial charge < -0.3 is 4.74 Å². The van der Waals surface area contributed by atoms with Gasteiger partial charge in [-0.3, -0.25) is 0 Å². The average molecular weight is 433 g/mol. The van der Waals surface area contributed by atoms with Crippen LogP contribution in [0.5, 0.6) is 0 Å². The fourth-order valence-corrected chi connectivity index (χ4v) is 4.86. The Bertz CT molecular complexity index is 919. The summed E-state index contributed by atoms with van der Waals surface area (Å²) in [4.78, 5) is 0. The summed E-state index contributed by atoms with van der Waals surface area (Å²) in [5.74, 6) is 0.712. The molecule has 1 saturated carbocycles. The molecule has 4 atom stereocenters. The first kappa shape index (κ1) is 21.9. The van der Waals surface area contributed by atoms with Crippen LogP contribution in [0.3, 0.4) is 0 Å². The minimum absolute atomic E-state index is 0.0514. The zero-order valence-electron chi connectivity index (χ0n) is 17.8. The monoisotopic (exact) mass is 432 g/mol. The molecule has 0 saturated heterocycles. The lowest BCUT2D eigenvalue weighted by atomic mass is 9.75. The van der Waals surface area contributed by atoms with Gasteiger partial charge in [0.05, 0.1) is 7.11 Å². The smallest absolute Gasteiger partial charge is 0.192 e. The average Bonchev–Trinajstić information content (AvgIpc) is 2.78. The molecule has 0 aliphatic heterocycles. The maximum absolute atomic E-state index is 15.0. The molecule has 1 aromatic carbocycles. The second-order valence-electron chi connectivity index (χ2n) is 8.83. The van der Waals surface area contributed by atoms with Crippen molar-refractivity contribution in [3.63, 3.8) is 0 Å². The summed E-state index contributed by atoms with van der Waals surface area (Å²) in [6.07, 6.45) is 3.18. The molecular weight excluding hydrogens is 404 g/mol. The van der Waals surface area contributed by atoms with E-state index in [-0.39, 0.29) is 22.8 Å². The third kappa shape index (κ3) is 4.24. The van der Waals surface area contributed by atoms with Crippen LogP contribution in [-0.4, -0.2) is 31.8 Å². The van der Waals surface area contributed by atoms with Crippen molar-refractivity contribution in [3.8, 4) is 0 Å². The molecule has 3 aliphatic carbocycles. The van der Waals surface area contributed by atoms with Gasteiger partial charge in [0.2, 0.25) is 0 Å². The van der Waals surface area contributed by atoms with Gasteiger partial charge in [0, 0.05) is 0 Å². The third-order valence-corrected chi connectivity index (χ3v) is 6.86. The van der Waals surface area contributed by atoms with Crippen molar-refractivity contribution in [3.05, 3.63) is 71.0 Å². The number of methoxy groups -OCH3 is 1. The van der Waals surface area contributed by atoms with Crippen LogP contribution in [0.1, 0.15) is 43.7 Å².